The van der Waals surface area contributed by atoms with Crippen molar-refractivity contribution in [3.8, 4) is 0 Å². The van der Waals surface area contributed by atoms with Gasteiger partial charge in [0.05, 0.1) is 12.0 Å². The molecule has 3 unspecified atom stereocenters. The van der Waals surface area contributed by atoms with Crippen LogP contribution in [0.4, 0.5) is 0 Å². The molecule has 118 valence electrons. The van der Waals surface area contributed by atoms with Crippen molar-refractivity contribution < 1.29 is 14.7 Å². The quantitative estimate of drug-likeness (QED) is 0.645. The highest BCUT2D eigenvalue weighted by Gasteiger charge is 2.19. The summed E-state index contributed by atoms with van der Waals surface area (Å²) in [5.74, 6) is -0.909. The van der Waals surface area contributed by atoms with E-state index in [9.17, 15) is 9.59 Å². The molecule has 20 heavy (non-hydrogen) atoms. The Kier molecular flexibility index (Phi) is 9.21. The molecule has 0 fully saturated rings. The fourth-order valence-corrected chi connectivity index (χ4v) is 2.24. The number of amides is 1. The number of rotatable bonds is 10. The van der Waals surface area contributed by atoms with E-state index in [1.54, 1.807) is 6.92 Å². The lowest BCUT2D eigenvalue weighted by Crippen LogP contribution is -2.47. The lowest BCUT2D eigenvalue weighted by atomic mass is 10.0. The number of nitrogens with one attached hydrogen (secondary N) is 1. The van der Waals surface area contributed by atoms with Gasteiger partial charge in [0.2, 0.25) is 5.91 Å². The molecular formula is C15H30N2O3. The van der Waals surface area contributed by atoms with Crippen LogP contribution in [-0.4, -0.2) is 47.1 Å². The highest BCUT2D eigenvalue weighted by Crippen LogP contribution is 2.10. The first-order valence-electron chi connectivity index (χ1n) is 7.61. The minimum absolute atomic E-state index is 0.126. The summed E-state index contributed by atoms with van der Waals surface area (Å²) in [5, 5.41) is 12.1. The summed E-state index contributed by atoms with van der Waals surface area (Å²) < 4.78 is 0. The van der Waals surface area contributed by atoms with Gasteiger partial charge in [-0.3, -0.25) is 9.59 Å². The number of hydrogen-bond acceptors (Lipinski definition) is 3. The van der Waals surface area contributed by atoms with Gasteiger partial charge in [0.1, 0.15) is 0 Å². The zero-order valence-electron chi connectivity index (χ0n) is 13.5. The number of aliphatic carboxylic acids is 1. The van der Waals surface area contributed by atoms with Crippen molar-refractivity contribution in [2.75, 3.05) is 13.1 Å². The second-order valence-corrected chi connectivity index (χ2v) is 5.47. The number of carboxylic acid groups (broad SMARTS) is 1. The van der Waals surface area contributed by atoms with Crippen molar-refractivity contribution in [3.63, 3.8) is 0 Å². The van der Waals surface area contributed by atoms with E-state index in [0.29, 0.717) is 6.42 Å². The number of carbonyl (C=O) groups is 2. The third-order valence-electron chi connectivity index (χ3n) is 3.68. The molecule has 0 aliphatic heterocycles. The number of carboxylic acids is 1. The molecule has 0 aromatic heterocycles. The van der Waals surface area contributed by atoms with Gasteiger partial charge in [-0.2, -0.15) is 0 Å². The van der Waals surface area contributed by atoms with Gasteiger partial charge in [-0.1, -0.05) is 13.3 Å². The molecule has 2 N–H and O–H groups in total. The molecule has 0 aromatic carbocycles. The van der Waals surface area contributed by atoms with Crippen LogP contribution in [-0.2, 0) is 9.59 Å². The topological polar surface area (TPSA) is 69.6 Å². The molecule has 0 saturated carbocycles. The second kappa shape index (κ2) is 9.75. The zero-order valence-corrected chi connectivity index (χ0v) is 13.5. The van der Waals surface area contributed by atoms with Crippen LogP contribution < -0.4 is 5.32 Å². The molecule has 0 saturated heterocycles. The zero-order chi connectivity index (χ0) is 15.7. The number of carbonyl (C=O) groups excluding carboxylic acids is 1. The van der Waals surface area contributed by atoms with Gasteiger partial charge >= 0.3 is 5.97 Å². The monoisotopic (exact) mass is 286 g/mol. The van der Waals surface area contributed by atoms with Gasteiger partial charge in [0.15, 0.2) is 0 Å². The minimum atomic E-state index is -0.740. The molecule has 0 rings (SSSR count). The Morgan fingerprint density at radius 2 is 1.65 bits per heavy atom. The predicted octanol–water partition coefficient (Wildman–Crippen LogP) is 2.11. The number of nitrogens with zero attached hydrogens (tertiary/aromatic N) is 1. The van der Waals surface area contributed by atoms with Crippen LogP contribution in [0, 0.1) is 5.92 Å². The van der Waals surface area contributed by atoms with Crippen LogP contribution >= 0.6 is 0 Å². The number of hydrogen-bond donors (Lipinski definition) is 2. The summed E-state index contributed by atoms with van der Waals surface area (Å²) in [6, 6.07) is 0.0207. The second-order valence-electron chi connectivity index (χ2n) is 5.47. The molecule has 0 radical (unpaired) electrons. The third-order valence-corrected chi connectivity index (χ3v) is 3.68. The molecular weight excluding hydrogens is 256 g/mol. The highest BCUT2D eigenvalue weighted by molar-refractivity contribution is 5.81. The highest BCUT2D eigenvalue weighted by atomic mass is 16.4. The summed E-state index contributed by atoms with van der Waals surface area (Å²) >= 11 is 0. The summed E-state index contributed by atoms with van der Waals surface area (Å²) in [6.45, 7) is 11.1. The smallest absolute Gasteiger partial charge is 0.306 e. The van der Waals surface area contributed by atoms with E-state index in [1.165, 1.54) is 0 Å². The lowest BCUT2D eigenvalue weighted by Gasteiger charge is -2.26. The van der Waals surface area contributed by atoms with E-state index >= 15 is 0 Å². The minimum Gasteiger partial charge on any atom is -0.481 e. The predicted molar refractivity (Wildman–Crippen MR) is 80.6 cm³/mol. The maximum absolute atomic E-state index is 12.1. The summed E-state index contributed by atoms with van der Waals surface area (Å²) in [7, 11) is 0. The Labute approximate surface area is 122 Å². The molecule has 5 nitrogen and oxygen atoms in total. The summed E-state index contributed by atoms with van der Waals surface area (Å²) in [5.41, 5.74) is 0. The number of likely N-dealkylation sites (N-methyl/N-ethyl adjacent to an activating group) is 1. The van der Waals surface area contributed by atoms with Gasteiger partial charge in [-0.05, 0) is 40.5 Å². The Bertz CT molecular complexity index is 303. The van der Waals surface area contributed by atoms with Crippen molar-refractivity contribution in [3.05, 3.63) is 0 Å². The molecule has 3 atom stereocenters. The lowest BCUT2D eigenvalue weighted by molar-refractivity contribution is -0.141. The van der Waals surface area contributed by atoms with Gasteiger partial charge in [-0.25, -0.2) is 0 Å². The van der Waals surface area contributed by atoms with Gasteiger partial charge in [0, 0.05) is 19.1 Å². The third kappa shape index (κ3) is 6.89. The summed E-state index contributed by atoms with van der Waals surface area (Å²) in [6.07, 6.45) is 2.42. The first-order valence-corrected chi connectivity index (χ1v) is 7.61. The molecule has 5 heteroatoms. The van der Waals surface area contributed by atoms with E-state index in [1.807, 2.05) is 32.6 Å². The Balaban J connectivity index is 4.04. The van der Waals surface area contributed by atoms with Crippen molar-refractivity contribution in [2.24, 2.45) is 5.92 Å². The molecule has 1 amide bonds. The van der Waals surface area contributed by atoms with E-state index in [0.717, 1.165) is 25.9 Å². The maximum Gasteiger partial charge on any atom is 0.306 e. The Morgan fingerprint density at radius 1 is 1.10 bits per heavy atom. The van der Waals surface area contributed by atoms with E-state index in [4.69, 9.17) is 5.11 Å². The van der Waals surface area contributed by atoms with E-state index in [2.05, 4.69) is 5.32 Å². The SMILES string of the molecule is CCN(CC)C(=O)C(C)NC(C)CCCC(C)C(=O)O. The first kappa shape index (κ1) is 18.9. The first-order chi connectivity index (χ1) is 9.33. The molecule has 0 spiro atoms. The standard InChI is InChI=1S/C15H30N2O3/c1-6-17(7-2)14(18)13(5)16-12(4)10-8-9-11(3)15(19)20/h11-13,16H,6-10H2,1-5H3,(H,19,20). The normalized spacial score (nSPS) is 15.4. The fourth-order valence-electron chi connectivity index (χ4n) is 2.24. The summed E-state index contributed by atoms with van der Waals surface area (Å²) in [4.78, 5) is 24.6. The van der Waals surface area contributed by atoms with E-state index in [-0.39, 0.29) is 23.9 Å². The molecule has 0 aromatic rings. The van der Waals surface area contributed by atoms with Crippen molar-refractivity contribution >= 4 is 11.9 Å². The van der Waals surface area contributed by atoms with Gasteiger partial charge in [-0.15, -0.1) is 0 Å². The Morgan fingerprint density at radius 3 is 2.10 bits per heavy atom. The van der Waals surface area contributed by atoms with Gasteiger partial charge in [0.25, 0.3) is 0 Å². The maximum atomic E-state index is 12.1. The fraction of sp³-hybridized carbons (Fsp3) is 0.867. The van der Waals surface area contributed by atoms with Crippen molar-refractivity contribution in [1.82, 2.24) is 10.2 Å². The Hall–Kier alpha value is -1.10. The van der Waals surface area contributed by atoms with E-state index < -0.39 is 5.97 Å². The largest absolute Gasteiger partial charge is 0.481 e. The molecule has 0 bridgehead atoms. The average molecular weight is 286 g/mol. The molecule has 0 aliphatic carbocycles. The van der Waals surface area contributed by atoms with Crippen LogP contribution in [0.3, 0.4) is 0 Å². The van der Waals surface area contributed by atoms with Crippen LogP contribution in [0.15, 0.2) is 0 Å². The van der Waals surface area contributed by atoms with Crippen molar-refractivity contribution in [1.29, 1.82) is 0 Å². The molecule has 0 aliphatic rings. The van der Waals surface area contributed by atoms with Crippen LogP contribution in [0.2, 0.25) is 0 Å². The van der Waals surface area contributed by atoms with Gasteiger partial charge < -0.3 is 15.3 Å². The van der Waals surface area contributed by atoms with Crippen LogP contribution in [0.25, 0.3) is 0 Å². The van der Waals surface area contributed by atoms with Crippen LogP contribution in [0.1, 0.15) is 53.9 Å². The van der Waals surface area contributed by atoms with Crippen molar-refractivity contribution in [2.45, 2.75) is 66.0 Å². The van der Waals surface area contributed by atoms with Crippen LogP contribution in [0.5, 0.6) is 0 Å². The average Bonchev–Trinajstić information content (AvgIpc) is 2.39. The molecule has 0 heterocycles.